The van der Waals surface area contributed by atoms with Crippen LogP contribution in [0.3, 0.4) is 0 Å². The molecule has 0 atom stereocenters. The van der Waals surface area contributed by atoms with E-state index in [4.69, 9.17) is 0 Å². The van der Waals surface area contributed by atoms with Crippen LogP contribution in [0.1, 0.15) is 47.2 Å². The van der Waals surface area contributed by atoms with Gasteiger partial charge in [-0.2, -0.15) is 0 Å². The first kappa shape index (κ1) is 30.2. The highest BCUT2D eigenvalue weighted by Gasteiger charge is 2.52. The van der Waals surface area contributed by atoms with Crippen LogP contribution in [0.25, 0.3) is 44.5 Å². The van der Waals surface area contributed by atoms with E-state index in [0.29, 0.717) is 0 Å². The topological polar surface area (TPSA) is 3.24 Å². The minimum atomic E-state index is -0.347. The average Bonchev–Trinajstić information content (AvgIpc) is 3.78. The molecule has 3 aliphatic carbocycles. The normalized spacial score (nSPS) is 14.5. The average molecular weight is 676 g/mol. The summed E-state index contributed by atoms with van der Waals surface area (Å²) >= 11 is 0. The van der Waals surface area contributed by atoms with Crippen molar-refractivity contribution in [2.45, 2.75) is 24.7 Å². The van der Waals surface area contributed by atoms with Crippen molar-refractivity contribution in [1.29, 1.82) is 0 Å². The van der Waals surface area contributed by atoms with Crippen LogP contribution in [0.4, 0.5) is 17.1 Å². The van der Waals surface area contributed by atoms with Crippen molar-refractivity contribution in [3.63, 3.8) is 0 Å². The first-order valence-electron chi connectivity index (χ1n) is 18.7. The second kappa shape index (κ2) is 11.0. The summed E-state index contributed by atoms with van der Waals surface area (Å²) in [5.41, 5.74) is 21.8. The van der Waals surface area contributed by atoms with Crippen molar-refractivity contribution in [2.75, 3.05) is 4.90 Å². The zero-order valence-electron chi connectivity index (χ0n) is 29.8. The minimum absolute atomic E-state index is 0.0736. The Morgan fingerprint density at radius 1 is 0.321 bits per heavy atom. The molecule has 1 nitrogen and oxygen atoms in total. The van der Waals surface area contributed by atoms with Crippen LogP contribution in [0.5, 0.6) is 0 Å². The fourth-order valence-corrected chi connectivity index (χ4v) is 10.0. The highest BCUT2D eigenvalue weighted by atomic mass is 15.1. The molecule has 0 saturated carbocycles. The Morgan fingerprint density at radius 2 is 0.774 bits per heavy atom. The van der Waals surface area contributed by atoms with Crippen LogP contribution < -0.4 is 4.90 Å². The highest BCUT2D eigenvalue weighted by molar-refractivity contribution is 6.00. The Labute approximate surface area is 311 Å². The van der Waals surface area contributed by atoms with Crippen molar-refractivity contribution >= 4 is 17.1 Å². The van der Waals surface area contributed by atoms with Gasteiger partial charge in [0.25, 0.3) is 0 Å². The van der Waals surface area contributed by atoms with E-state index in [1.54, 1.807) is 0 Å². The summed E-state index contributed by atoms with van der Waals surface area (Å²) in [5, 5.41) is 0. The smallest absolute Gasteiger partial charge is 0.0725 e. The third-order valence-corrected chi connectivity index (χ3v) is 12.3. The number of anilines is 3. The van der Waals surface area contributed by atoms with Crippen molar-refractivity contribution < 1.29 is 0 Å². The fraction of sp³-hybridized carbons (Fsp3) is 0.0769. The van der Waals surface area contributed by atoms with Gasteiger partial charge in [-0.05, 0) is 114 Å². The molecule has 1 heteroatoms. The van der Waals surface area contributed by atoms with Crippen molar-refractivity contribution in [3.05, 3.63) is 221 Å². The van der Waals surface area contributed by atoms with Gasteiger partial charge in [0.05, 0.1) is 5.41 Å². The van der Waals surface area contributed by atoms with E-state index in [0.717, 1.165) is 11.4 Å². The van der Waals surface area contributed by atoms with E-state index in [2.05, 4.69) is 207 Å². The Hall–Kier alpha value is -6.44. The van der Waals surface area contributed by atoms with Crippen LogP contribution in [-0.2, 0) is 10.8 Å². The van der Waals surface area contributed by atoms with E-state index < -0.39 is 0 Å². The van der Waals surface area contributed by atoms with Crippen LogP contribution in [0.15, 0.2) is 188 Å². The first-order valence-corrected chi connectivity index (χ1v) is 18.7. The zero-order chi connectivity index (χ0) is 35.3. The predicted octanol–water partition coefficient (Wildman–Crippen LogP) is 13.5. The molecule has 0 fully saturated rings. The Bertz CT molecular complexity index is 2710. The van der Waals surface area contributed by atoms with Gasteiger partial charge >= 0.3 is 0 Å². The van der Waals surface area contributed by atoms with Gasteiger partial charge in [0.2, 0.25) is 0 Å². The van der Waals surface area contributed by atoms with Crippen LogP contribution in [-0.4, -0.2) is 0 Å². The molecule has 0 bridgehead atoms. The van der Waals surface area contributed by atoms with Gasteiger partial charge in [0, 0.05) is 22.5 Å². The Morgan fingerprint density at radius 3 is 1.43 bits per heavy atom. The lowest BCUT2D eigenvalue weighted by atomic mass is 9.70. The summed E-state index contributed by atoms with van der Waals surface area (Å²) < 4.78 is 0. The van der Waals surface area contributed by atoms with Crippen LogP contribution >= 0.6 is 0 Å². The summed E-state index contributed by atoms with van der Waals surface area (Å²) in [4.78, 5) is 2.40. The molecule has 0 saturated heterocycles. The van der Waals surface area contributed by atoms with E-state index in [1.165, 1.54) is 83.6 Å². The lowest BCUT2D eigenvalue weighted by Crippen LogP contribution is -2.25. The van der Waals surface area contributed by atoms with Gasteiger partial charge < -0.3 is 4.90 Å². The third-order valence-electron chi connectivity index (χ3n) is 12.3. The molecule has 0 heterocycles. The van der Waals surface area contributed by atoms with Gasteiger partial charge in [-0.15, -0.1) is 0 Å². The lowest BCUT2D eigenvalue weighted by Gasteiger charge is -2.30. The summed E-state index contributed by atoms with van der Waals surface area (Å²) in [6.07, 6.45) is 0. The van der Waals surface area contributed by atoms with Gasteiger partial charge in [0.1, 0.15) is 0 Å². The van der Waals surface area contributed by atoms with E-state index in [9.17, 15) is 0 Å². The summed E-state index contributed by atoms with van der Waals surface area (Å²) in [6, 6.07) is 70.0. The SMILES string of the molecule is CC1(C)c2ccccc2-c2ccc(N(c3ccccc3)c3ccc(-c4cccc5c4-c4ccccc4C54c5ccccc5-c5ccccc54)cc3)cc21. The molecule has 0 unspecified atom stereocenters. The van der Waals surface area contributed by atoms with Crippen molar-refractivity contribution in [3.8, 4) is 44.5 Å². The first-order chi connectivity index (χ1) is 26.1. The molecular weight excluding hydrogens is 639 g/mol. The molecule has 0 amide bonds. The van der Waals surface area contributed by atoms with E-state index >= 15 is 0 Å². The van der Waals surface area contributed by atoms with Crippen LogP contribution in [0.2, 0.25) is 0 Å². The number of fused-ring (bicyclic) bond motifs is 13. The molecule has 0 radical (unpaired) electrons. The van der Waals surface area contributed by atoms with Crippen molar-refractivity contribution in [2.24, 2.45) is 0 Å². The summed E-state index contributed by atoms with van der Waals surface area (Å²) in [6.45, 7) is 4.71. The van der Waals surface area contributed by atoms with Gasteiger partial charge in [-0.3, -0.25) is 0 Å². The molecular formula is C52H37N. The number of rotatable bonds is 4. The maximum Gasteiger partial charge on any atom is 0.0725 e. The van der Waals surface area contributed by atoms with Gasteiger partial charge in [-0.1, -0.05) is 166 Å². The summed E-state index contributed by atoms with van der Waals surface area (Å²) in [5.74, 6) is 0. The number of para-hydroxylation sites is 1. The third kappa shape index (κ3) is 4.02. The fourth-order valence-electron chi connectivity index (χ4n) is 10.0. The summed E-state index contributed by atoms with van der Waals surface area (Å²) in [7, 11) is 0. The Balaban J connectivity index is 1.06. The molecule has 3 aliphatic rings. The number of benzene rings is 8. The van der Waals surface area contributed by atoms with Gasteiger partial charge in [-0.25, -0.2) is 0 Å². The maximum absolute atomic E-state index is 2.41. The quantitative estimate of drug-likeness (QED) is 0.179. The standard InChI is InChI=1S/C52H37N/c1-51(2)44-22-10-6-17-39(44)42-32-31-37(33-49(42)51)53(35-15-4-3-5-16-35)36-29-27-34(28-30-36)38-21-14-26-48-50(38)43-20-9-13-25-47(43)52(48)45-23-11-7-18-40(45)41-19-8-12-24-46(41)52/h3-33H,1-2H3. The maximum atomic E-state index is 2.41. The second-order valence-corrected chi connectivity index (χ2v) is 15.2. The number of hydrogen-bond donors (Lipinski definition) is 0. The predicted molar refractivity (Wildman–Crippen MR) is 220 cm³/mol. The Kier molecular flexibility index (Phi) is 6.29. The molecule has 250 valence electrons. The molecule has 0 N–H and O–H groups in total. The van der Waals surface area contributed by atoms with E-state index in [-0.39, 0.29) is 10.8 Å². The molecule has 8 aromatic rings. The van der Waals surface area contributed by atoms with Crippen LogP contribution in [0, 0.1) is 0 Å². The molecule has 0 aromatic heterocycles. The molecule has 0 aliphatic heterocycles. The second-order valence-electron chi connectivity index (χ2n) is 15.2. The molecule has 8 aromatic carbocycles. The lowest BCUT2D eigenvalue weighted by molar-refractivity contribution is 0.660. The molecule has 1 spiro atoms. The van der Waals surface area contributed by atoms with Crippen molar-refractivity contribution in [1.82, 2.24) is 0 Å². The molecule has 53 heavy (non-hydrogen) atoms. The minimum Gasteiger partial charge on any atom is -0.310 e. The van der Waals surface area contributed by atoms with Gasteiger partial charge in [0.15, 0.2) is 0 Å². The zero-order valence-corrected chi connectivity index (χ0v) is 29.8. The monoisotopic (exact) mass is 675 g/mol. The number of hydrogen-bond acceptors (Lipinski definition) is 1. The highest BCUT2D eigenvalue weighted by Crippen LogP contribution is 2.64. The number of nitrogens with zero attached hydrogens (tertiary/aromatic N) is 1. The largest absolute Gasteiger partial charge is 0.310 e. The molecule has 11 rings (SSSR count). The van der Waals surface area contributed by atoms with E-state index in [1.807, 2.05) is 0 Å².